The van der Waals surface area contributed by atoms with Gasteiger partial charge in [0.15, 0.2) is 0 Å². The van der Waals surface area contributed by atoms with E-state index >= 15 is 0 Å². The van der Waals surface area contributed by atoms with Crippen molar-refractivity contribution in [2.24, 2.45) is 0 Å². The molecule has 2 N–H and O–H groups in total. The highest BCUT2D eigenvalue weighted by atomic mass is 32.2. The molecule has 9 heteroatoms. The number of phenolic OH excluding ortho intramolecular Hbond substituents is 2. The Morgan fingerprint density at radius 3 is 2.09 bits per heavy atom. The number of rotatable bonds is 5. The third-order valence-electron chi connectivity index (χ3n) is 5.61. The van der Waals surface area contributed by atoms with Crippen LogP contribution in [-0.4, -0.2) is 41.1 Å². The molecule has 32 heavy (non-hydrogen) atoms. The van der Waals surface area contributed by atoms with E-state index in [9.17, 15) is 23.0 Å². The number of fused-ring (bicyclic) bond motifs is 2. The average molecular weight is 455 g/mol. The van der Waals surface area contributed by atoms with Gasteiger partial charge in [0.2, 0.25) is 11.8 Å². The summed E-state index contributed by atoms with van der Waals surface area (Å²) in [6.07, 6.45) is -1.19. The molecule has 3 aromatic rings. The van der Waals surface area contributed by atoms with Crippen LogP contribution in [0.2, 0.25) is 0 Å². The lowest BCUT2D eigenvalue weighted by Crippen LogP contribution is -2.35. The van der Waals surface area contributed by atoms with Crippen LogP contribution < -0.4 is 4.18 Å². The lowest BCUT2D eigenvalue weighted by molar-refractivity contribution is 0.128. The highest BCUT2D eigenvalue weighted by molar-refractivity contribution is 7.87. The molecule has 2 aliphatic heterocycles. The molecule has 0 amide bonds. The summed E-state index contributed by atoms with van der Waals surface area (Å²) in [6.45, 7) is 0. The minimum absolute atomic E-state index is 0.0780. The smallest absolute Gasteiger partial charge is 0.316 e. The molecule has 2 bridgehead atoms. The number of benzene rings is 2. The quantitative estimate of drug-likeness (QED) is 0.448. The molecule has 3 atom stereocenters. The second kappa shape index (κ2) is 7.61. The molecule has 2 aliphatic rings. The molecule has 0 aliphatic carbocycles. The highest BCUT2D eigenvalue weighted by Crippen LogP contribution is 2.50. The highest BCUT2D eigenvalue weighted by Gasteiger charge is 2.53. The minimum Gasteiger partial charge on any atom is -0.508 e. The van der Waals surface area contributed by atoms with Gasteiger partial charge >= 0.3 is 10.1 Å². The van der Waals surface area contributed by atoms with Crippen LogP contribution in [0.3, 0.4) is 0 Å². The molecule has 0 spiro atoms. The number of pyridine rings is 1. The summed E-state index contributed by atoms with van der Waals surface area (Å²) in [5, 5.41) is 18.3. The van der Waals surface area contributed by atoms with Crippen molar-refractivity contribution in [2.45, 2.75) is 23.9 Å². The first kappa shape index (κ1) is 20.5. The van der Waals surface area contributed by atoms with Crippen LogP contribution >= 0.6 is 0 Å². The van der Waals surface area contributed by atoms with Gasteiger partial charge in [-0.05, 0) is 52.6 Å². The Kier molecular flexibility index (Phi) is 4.87. The molecule has 5 rings (SSSR count). The van der Waals surface area contributed by atoms with Crippen molar-refractivity contribution in [3.63, 3.8) is 0 Å². The Labute approximate surface area is 183 Å². The molecule has 1 fully saturated rings. The average Bonchev–Trinajstić information content (AvgIpc) is 3.34. The Hall–Kier alpha value is -3.43. The van der Waals surface area contributed by atoms with E-state index in [-0.39, 0.29) is 23.8 Å². The van der Waals surface area contributed by atoms with Crippen LogP contribution in [0.15, 0.2) is 66.7 Å². The van der Waals surface area contributed by atoms with Crippen molar-refractivity contribution in [1.82, 2.24) is 4.98 Å². The summed E-state index contributed by atoms with van der Waals surface area (Å²) in [7, 11) is -4.20. The number of aromatic nitrogens is 1. The largest absolute Gasteiger partial charge is 0.508 e. The SMILES string of the molecule is O=S(=O)(Oc1cccc(F)n1)C1CC2OC1C(c1ccc(O)cc1)=C2c1ccc(O)cc1. The first-order valence-electron chi connectivity index (χ1n) is 9.86. The lowest BCUT2D eigenvalue weighted by atomic mass is 9.83. The van der Waals surface area contributed by atoms with Crippen molar-refractivity contribution in [2.75, 3.05) is 0 Å². The predicted octanol–water partition coefficient (Wildman–Crippen LogP) is 3.49. The van der Waals surface area contributed by atoms with Crippen LogP contribution in [-0.2, 0) is 14.9 Å². The van der Waals surface area contributed by atoms with Gasteiger partial charge in [0, 0.05) is 12.5 Å². The number of phenols is 2. The number of hydrogen-bond donors (Lipinski definition) is 2. The maximum atomic E-state index is 13.4. The number of nitrogens with zero attached hydrogens (tertiary/aromatic N) is 1. The van der Waals surface area contributed by atoms with Crippen LogP contribution in [0.1, 0.15) is 17.5 Å². The van der Waals surface area contributed by atoms with Crippen molar-refractivity contribution >= 4 is 21.3 Å². The fourth-order valence-electron chi connectivity index (χ4n) is 4.25. The molecule has 2 aromatic carbocycles. The summed E-state index contributed by atoms with van der Waals surface area (Å²) < 4.78 is 50.7. The van der Waals surface area contributed by atoms with E-state index in [0.717, 1.165) is 17.2 Å². The summed E-state index contributed by atoms with van der Waals surface area (Å²) >= 11 is 0. The van der Waals surface area contributed by atoms with Gasteiger partial charge in [0.1, 0.15) is 22.9 Å². The predicted molar refractivity (Wildman–Crippen MR) is 114 cm³/mol. The summed E-state index contributed by atoms with van der Waals surface area (Å²) in [5.74, 6) is -1.00. The fourth-order valence-corrected chi connectivity index (χ4v) is 5.62. The van der Waals surface area contributed by atoms with Crippen molar-refractivity contribution in [3.8, 4) is 17.4 Å². The van der Waals surface area contributed by atoms with E-state index in [1.165, 1.54) is 24.3 Å². The molecule has 1 aromatic heterocycles. The van der Waals surface area contributed by atoms with Gasteiger partial charge in [0.25, 0.3) is 0 Å². The summed E-state index contributed by atoms with van der Waals surface area (Å²) in [5.41, 5.74) is 2.97. The van der Waals surface area contributed by atoms with E-state index in [2.05, 4.69) is 4.98 Å². The molecule has 7 nitrogen and oxygen atoms in total. The van der Waals surface area contributed by atoms with E-state index < -0.39 is 33.5 Å². The fraction of sp³-hybridized carbons (Fsp3) is 0.174. The third-order valence-corrected chi connectivity index (χ3v) is 7.19. The maximum Gasteiger partial charge on any atom is 0.316 e. The normalized spacial score (nSPS) is 22.3. The molecular formula is C23H18FNO6S. The maximum absolute atomic E-state index is 13.4. The topological polar surface area (TPSA) is 106 Å². The van der Waals surface area contributed by atoms with Gasteiger partial charge in [-0.25, -0.2) is 0 Å². The second-order valence-corrected chi connectivity index (χ2v) is 9.37. The van der Waals surface area contributed by atoms with Crippen LogP contribution in [0.4, 0.5) is 4.39 Å². The number of hydrogen-bond acceptors (Lipinski definition) is 7. The standard InChI is InChI=1S/C23H18FNO6S/c24-19-2-1-3-20(25-19)31-32(28,29)18-12-17-21(13-4-8-15(26)9-5-13)22(23(18)30-17)14-6-10-16(27)11-7-14/h1-11,17-18,23,26-27H,12H2. The van der Waals surface area contributed by atoms with E-state index in [1.807, 2.05) is 0 Å². The van der Waals surface area contributed by atoms with Crippen molar-refractivity contribution in [3.05, 3.63) is 83.8 Å². The van der Waals surface area contributed by atoms with Gasteiger partial charge in [0.05, 0.1) is 6.10 Å². The van der Waals surface area contributed by atoms with Gasteiger partial charge in [-0.3, -0.25) is 0 Å². The zero-order chi connectivity index (χ0) is 22.5. The third kappa shape index (κ3) is 3.59. The Balaban J connectivity index is 1.56. The molecule has 164 valence electrons. The molecule has 0 saturated carbocycles. The second-order valence-electron chi connectivity index (χ2n) is 7.62. The Bertz CT molecular complexity index is 1310. The van der Waals surface area contributed by atoms with Gasteiger partial charge in [-0.1, -0.05) is 30.3 Å². The summed E-state index contributed by atoms with van der Waals surface area (Å²) in [6, 6.07) is 16.7. The molecule has 1 saturated heterocycles. The van der Waals surface area contributed by atoms with Gasteiger partial charge < -0.3 is 19.1 Å². The molecular weight excluding hydrogens is 437 g/mol. The monoisotopic (exact) mass is 455 g/mol. The van der Waals surface area contributed by atoms with Crippen LogP contribution in [0.5, 0.6) is 17.4 Å². The van der Waals surface area contributed by atoms with E-state index in [0.29, 0.717) is 11.1 Å². The zero-order valence-electron chi connectivity index (χ0n) is 16.6. The zero-order valence-corrected chi connectivity index (χ0v) is 17.4. The van der Waals surface area contributed by atoms with Crippen molar-refractivity contribution in [1.29, 1.82) is 0 Å². The van der Waals surface area contributed by atoms with E-state index in [4.69, 9.17) is 8.92 Å². The van der Waals surface area contributed by atoms with Crippen molar-refractivity contribution < 1.29 is 31.9 Å². The first-order chi connectivity index (χ1) is 15.3. The van der Waals surface area contributed by atoms with Gasteiger partial charge in [-0.15, -0.1) is 0 Å². The molecule has 3 heterocycles. The lowest BCUT2D eigenvalue weighted by Gasteiger charge is -2.24. The van der Waals surface area contributed by atoms with Crippen LogP contribution in [0.25, 0.3) is 11.1 Å². The minimum atomic E-state index is -4.20. The van der Waals surface area contributed by atoms with Gasteiger partial charge in [-0.2, -0.15) is 17.8 Å². The Morgan fingerprint density at radius 2 is 1.50 bits per heavy atom. The molecule has 0 radical (unpaired) electrons. The van der Waals surface area contributed by atoms with Crippen LogP contribution in [0, 0.1) is 5.95 Å². The number of halogens is 1. The summed E-state index contributed by atoms with van der Waals surface area (Å²) in [4.78, 5) is 3.48. The first-order valence-corrected chi connectivity index (χ1v) is 11.3. The number of ether oxygens (including phenoxy) is 1. The molecule has 3 unspecified atom stereocenters. The number of aromatic hydroxyl groups is 2. The van der Waals surface area contributed by atoms with E-state index in [1.54, 1.807) is 36.4 Å². The Morgan fingerprint density at radius 1 is 0.906 bits per heavy atom.